The summed E-state index contributed by atoms with van der Waals surface area (Å²) in [5.41, 5.74) is 0. The second-order valence-corrected chi connectivity index (χ2v) is 5.79. The minimum Gasteiger partial charge on any atom is -0.311 e. The van der Waals surface area contributed by atoms with E-state index in [-0.39, 0.29) is 23.3 Å². The Morgan fingerprint density at radius 2 is 2.00 bits per heavy atom. The first-order chi connectivity index (χ1) is 6.43. The smallest absolute Gasteiger partial charge is 0.150 e. The Balaban J connectivity index is 3.81. The van der Waals surface area contributed by atoms with Crippen LogP contribution in [0.2, 0.25) is 0 Å². The van der Waals surface area contributed by atoms with Crippen molar-refractivity contribution >= 4 is 15.6 Å². The fourth-order valence-electron chi connectivity index (χ4n) is 0.988. The third-order valence-corrected chi connectivity index (χ3v) is 4.02. The van der Waals surface area contributed by atoms with Crippen molar-refractivity contribution in [3.8, 4) is 0 Å². The van der Waals surface area contributed by atoms with Gasteiger partial charge in [-0.2, -0.15) is 0 Å². The molecule has 0 fully saturated rings. The van der Waals surface area contributed by atoms with Crippen LogP contribution in [0, 0.1) is 0 Å². The van der Waals surface area contributed by atoms with E-state index in [1.165, 1.54) is 0 Å². The van der Waals surface area contributed by atoms with Crippen molar-refractivity contribution in [1.29, 1.82) is 0 Å². The highest BCUT2D eigenvalue weighted by Gasteiger charge is 2.12. The van der Waals surface area contributed by atoms with Gasteiger partial charge in [0.15, 0.2) is 0 Å². The lowest BCUT2D eigenvalue weighted by Crippen LogP contribution is -2.30. The van der Waals surface area contributed by atoms with Gasteiger partial charge in [0.2, 0.25) is 0 Å². The van der Waals surface area contributed by atoms with Crippen molar-refractivity contribution in [2.45, 2.75) is 32.7 Å². The van der Waals surface area contributed by atoms with E-state index in [0.717, 1.165) is 0 Å². The van der Waals surface area contributed by atoms with Crippen LogP contribution in [0.15, 0.2) is 0 Å². The number of nitrogens with one attached hydrogen (secondary N) is 1. The van der Waals surface area contributed by atoms with Crippen molar-refractivity contribution < 1.29 is 13.2 Å². The Morgan fingerprint density at radius 1 is 1.43 bits per heavy atom. The molecule has 0 amide bonds. The number of Topliss-reactive ketones (excluding diaryl/α,β-unsaturated/α-hetero) is 1. The van der Waals surface area contributed by atoms with Gasteiger partial charge in [-0.3, -0.25) is 4.79 Å². The molecule has 0 aromatic heterocycles. The topological polar surface area (TPSA) is 63.2 Å². The number of ketones is 1. The highest BCUT2D eigenvalue weighted by atomic mass is 32.2. The van der Waals surface area contributed by atoms with E-state index < -0.39 is 9.84 Å². The number of sulfone groups is 1. The maximum atomic E-state index is 11.3. The highest BCUT2D eigenvalue weighted by molar-refractivity contribution is 7.91. The standard InChI is InChI=1S/C9H19NO3S/c1-4-14(12,13)7-5-6-9(11)8(2)10-3/h8,10H,4-7H2,1-3H3. The molecule has 0 aromatic carbocycles. The molecule has 14 heavy (non-hydrogen) atoms. The molecule has 5 heteroatoms. The molecule has 0 bridgehead atoms. The van der Waals surface area contributed by atoms with Crippen LogP contribution in [0.3, 0.4) is 0 Å². The van der Waals surface area contributed by atoms with Gasteiger partial charge in [-0.15, -0.1) is 0 Å². The van der Waals surface area contributed by atoms with E-state index in [1.54, 1.807) is 20.9 Å². The van der Waals surface area contributed by atoms with Gasteiger partial charge in [-0.25, -0.2) is 8.42 Å². The molecule has 0 heterocycles. The molecule has 0 aliphatic rings. The molecule has 0 saturated heterocycles. The van der Waals surface area contributed by atoms with Crippen LogP contribution in [0.5, 0.6) is 0 Å². The second-order valence-electron chi connectivity index (χ2n) is 3.32. The molecule has 0 radical (unpaired) electrons. The van der Waals surface area contributed by atoms with Crippen LogP contribution in [0.1, 0.15) is 26.7 Å². The van der Waals surface area contributed by atoms with Gasteiger partial charge >= 0.3 is 0 Å². The van der Waals surface area contributed by atoms with Gasteiger partial charge in [0.1, 0.15) is 15.6 Å². The molecule has 1 N–H and O–H groups in total. The molecule has 0 rings (SSSR count). The SMILES string of the molecule is CCS(=O)(=O)CCCC(=O)C(C)NC. The Hall–Kier alpha value is -0.420. The van der Waals surface area contributed by atoms with Crippen molar-refractivity contribution in [2.24, 2.45) is 0 Å². The molecular weight excluding hydrogens is 202 g/mol. The highest BCUT2D eigenvalue weighted by Crippen LogP contribution is 2.00. The van der Waals surface area contributed by atoms with Gasteiger partial charge in [-0.05, 0) is 20.4 Å². The second kappa shape index (κ2) is 6.14. The van der Waals surface area contributed by atoms with Crippen LogP contribution < -0.4 is 5.32 Å². The summed E-state index contributed by atoms with van der Waals surface area (Å²) in [5.74, 6) is 0.341. The predicted molar refractivity (Wildman–Crippen MR) is 57.1 cm³/mol. The molecule has 0 spiro atoms. The molecular formula is C9H19NO3S. The zero-order valence-corrected chi connectivity index (χ0v) is 9.86. The largest absolute Gasteiger partial charge is 0.311 e. The van der Waals surface area contributed by atoms with Gasteiger partial charge < -0.3 is 5.32 Å². The Morgan fingerprint density at radius 3 is 2.43 bits per heavy atom. The molecule has 0 saturated carbocycles. The average molecular weight is 221 g/mol. The molecule has 84 valence electrons. The van der Waals surface area contributed by atoms with E-state index >= 15 is 0 Å². The van der Waals surface area contributed by atoms with E-state index in [4.69, 9.17) is 0 Å². The lowest BCUT2D eigenvalue weighted by Gasteiger charge is -2.08. The minimum atomic E-state index is -2.92. The summed E-state index contributed by atoms with van der Waals surface area (Å²) in [4.78, 5) is 11.3. The first kappa shape index (κ1) is 13.6. The van der Waals surface area contributed by atoms with E-state index in [0.29, 0.717) is 12.8 Å². The van der Waals surface area contributed by atoms with Gasteiger partial charge in [0, 0.05) is 12.2 Å². The van der Waals surface area contributed by atoms with Gasteiger partial charge in [0.25, 0.3) is 0 Å². The number of hydrogen-bond acceptors (Lipinski definition) is 4. The Kier molecular flexibility index (Phi) is 5.95. The van der Waals surface area contributed by atoms with E-state index in [1.807, 2.05) is 0 Å². The fraction of sp³-hybridized carbons (Fsp3) is 0.889. The lowest BCUT2D eigenvalue weighted by molar-refractivity contribution is -0.120. The number of carbonyl (C=O) groups is 1. The van der Waals surface area contributed by atoms with E-state index in [2.05, 4.69) is 5.32 Å². The molecule has 0 aliphatic heterocycles. The quantitative estimate of drug-likeness (QED) is 0.675. The lowest BCUT2D eigenvalue weighted by atomic mass is 10.1. The van der Waals surface area contributed by atoms with Crippen molar-refractivity contribution in [3.63, 3.8) is 0 Å². The van der Waals surface area contributed by atoms with Crippen LogP contribution in [-0.2, 0) is 14.6 Å². The summed E-state index contributed by atoms with van der Waals surface area (Å²) in [6.07, 6.45) is 0.766. The molecule has 0 aromatic rings. The number of carbonyl (C=O) groups excluding carboxylic acids is 1. The maximum absolute atomic E-state index is 11.3. The zero-order chi connectivity index (χ0) is 11.2. The summed E-state index contributed by atoms with van der Waals surface area (Å²) >= 11 is 0. The predicted octanol–water partition coefficient (Wildman–Crippen LogP) is 0.378. The number of likely N-dealkylation sites (N-methyl/N-ethyl adjacent to an activating group) is 1. The van der Waals surface area contributed by atoms with Crippen molar-refractivity contribution in [1.82, 2.24) is 5.32 Å². The third kappa shape index (κ3) is 5.34. The molecule has 0 aliphatic carbocycles. The Bertz CT molecular complexity index is 272. The first-order valence-electron chi connectivity index (χ1n) is 4.83. The van der Waals surface area contributed by atoms with Gasteiger partial charge in [-0.1, -0.05) is 6.92 Å². The molecule has 1 atom stereocenters. The van der Waals surface area contributed by atoms with Crippen molar-refractivity contribution in [3.05, 3.63) is 0 Å². The molecule has 4 nitrogen and oxygen atoms in total. The fourth-order valence-corrected chi connectivity index (χ4v) is 1.86. The van der Waals surface area contributed by atoms with Gasteiger partial charge in [0.05, 0.1) is 11.8 Å². The van der Waals surface area contributed by atoms with Crippen LogP contribution in [-0.4, -0.2) is 38.8 Å². The van der Waals surface area contributed by atoms with Crippen LogP contribution in [0.4, 0.5) is 0 Å². The summed E-state index contributed by atoms with van der Waals surface area (Å²) < 4.78 is 22.2. The first-order valence-corrected chi connectivity index (χ1v) is 6.65. The van der Waals surface area contributed by atoms with E-state index in [9.17, 15) is 13.2 Å². The monoisotopic (exact) mass is 221 g/mol. The summed E-state index contributed by atoms with van der Waals surface area (Å²) in [5, 5.41) is 2.83. The Labute approximate surface area is 86.0 Å². The normalized spacial score (nSPS) is 13.9. The van der Waals surface area contributed by atoms with Crippen molar-refractivity contribution in [2.75, 3.05) is 18.6 Å². The number of rotatable bonds is 7. The molecule has 1 unspecified atom stereocenters. The van der Waals surface area contributed by atoms with Crippen LogP contribution in [0.25, 0.3) is 0 Å². The maximum Gasteiger partial charge on any atom is 0.150 e. The summed E-state index contributed by atoms with van der Waals surface area (Å²) in [7, 11) is -1.21. The average Bonchev–Trinajstić information content (AvgIpc) is 2.16. The summed E-state index contributed by atoms with van der Waals surface area (Å²) in [6.45, 7) is 3.39. The van der Waals surface area contributed by atoms with Crippen LogP contribution >= 0.6 is 0 Å². The minimum absolute atomic E-state index is 0.0683. The number of hydrogen-bond donors (Lipinski definition) is 1. The summed E-state index contributed by atoms with van der Waals surface area (Å²) in [6, 6.07) is -0.181. The third-order valence-electron chi connectivity index (χ3n) is 2.23. The zero-order valence-electron chi connectivity index (χ0n) is 9.04.